The zero-order valence-electron chi connectivity index (χ0n) is 10.8. The second kappa shape index (κ2) is 5.92. The van der Waals surface area contributed by atoms with Crippen LogP contribution < -0.4 is 5.14 Å². The minimum Gasteiger partial charge on any atom is -0.236 e. The van der Waals surface area contributed by atoms with Crippen LogP contribution in [0, 0.1) is 0 Å². The first-order valence-corrected chi connectivity index (χ1v) is 9.88. The Hall–Kier alpha value is -0.960. The molecule has 2 N–H and O–H groups in total. The van der Waals surface area contributed by atoms with Crippen molar-refractivity contribution in [3.8, 4) is 21.8 Å². The first-order valence-electron chi connectivity index (χ1n) is 5.88. The quantitative estimate of drug-likeness (QED) is 0.715. The standard InChI is InChI=1S/C13H8Cl2N2O2S3/c14-11-5-9(12(15)21-11)10-6-20-13(17-10)7-1-3-8(4-2-7)22(16,18)19/h1-6H,(H2,16,18,19). The molecule has 3 rings (SSSR count). The van der Waals surface area contributed by atoms with Crippen LogP contribution in [0.1, 0.15) is 0 Å². The first kappa shape index (κ1) is 15.9. The van der Waals surface area contributed by atoms with E-state index in [1.54, 1.807) is 18.2 Å². The van der Waals surface area contributed by atoms with Crippen LogP contribution >= 0.6 is 45.9 Å². The summed E-state index contributed by atoms with van der Waals surface area (Å²) in [6.07, 6.45) is 0. The molecular formula is C13H8Cl2N2O2S3. The van der Waals surface area contributed by atoms with Gasteiger partial charge in [-0.25, -0.2) is 18.5 Å². The number of thiazole rings is 1. The number of sulfonamides is 1. The third-order valence-corrected chi connectivity index (χ3v) is 6.17. The molecule has 114 valence electrons. The summed E-state index contributed by atoms with van der Waals surface area (Å²) in [5.41, 5.74) is 2.34. The summed E-state index contributed by atoms with van der Waals surface area (Å²) in [5, 5.41) is 7.72. The van der Waals surface area contributed by atoms with Gasteiger partial charge in [-0.15, -0.1) is 22.7 Å². The third kappa shape index (κ3) is 3.19. The Morgan fingerprint density at radius 2 is 1.82 bits per heavy atom. The molecule has 4 nitrogen and oxygen atoms in total. The SMILES string of the molecule is NS(=O)(=O)c1ccc(-c2nc(-c3cc(Cl)sc3Cl)cs2)cc1. The number of nitrogens with zero attached hydrogens (tertiary/aromatic N) is 1. The highest BCUT2D eigenvalue weighted by molar-refractivity contribution is 7.89. The molecule has 0 bridgehead atoms. The minimum absolute atomic E-state index is 0.0701. The van der Waals surface area contributed by atoms with Gasteiger partial charge in [0, 0.05) is 16.5 Å². The highest BCUT2D eigenvalue weighted by Gasteiger charge is 2.13. The summed E-state index contributed by atoms with van der Waals surface area (Å²) >= 11 is 14.8. The highest BCUT2D eigenvalue weighted by Crippen LogP contribution is 2.39. The van der Waals surface area contributed by atoms with Crippen LogP contribution in [0.5, 0.6) is 0 Å². The van der Waals surface area contributed by atoms with Gasteiger partial charge in [0.1, 0.15) is 9.34 Å². The Bertz CT molecular complexity index is 931. The molecule has 22 heavy (non-hydrogen) atoms. The number of benzene rings is 1. The molecule has 0 fully saturated rings. The van der Waals surface area contributed by atoms with Crippen molar-refractivity contribution in [1.82, 2.24) is 4.98 Å². The zero-order chi connectivity index (χ0) is 15.9. The van der Waals surface area contributed by atoms with Gasteiger partial charge in [-0.1, -0.05) is 35.3 Å². The lowest BCUT2D eigenvalue weighted by Crippen LogP contribution is -2.11. The van der Waals surface area contributed by atoms with E-state index in [1.807, 2.05) is 5.38 Å². The van der Waals surface area contributed by atoms with Gasteiger partial charge < -0.3 is 0 Å². The Morgan fingerprint density at radius 1 is 1.14 bits per heavy atom. The Balaban J connectivity index is 1.96. The Morgan fingerprint density at radius 3 is 2.36 bits per heavy atom. The molecule has 0 saturated heterocycles. The molecule has 0 aliphatic heterocycles. The monoisotopic (exact) mass is 390 g/mol. The van der Waals surface area contributed by atoms with E-state index in [0.717, 1.165) is 21.8 Å². The lowest BCUT2D eigenvalue weighted by atomic mass is 10.2. The number of thiophene rings is 1. The van der Waals surface area contributed by atoms with Gasteiger partial charge in [-0.2, -0.15) is 0 Å². The summed E-state index contributed by atoms with van der Waals surface area (Å²) in [7, 11) is -3.69. The Kier molecular flexibility index (Phi) is 4.28. The first-order chi connectivity index (χ1) is 10.3. The molecule has 0 saturated carbocycles. The highest BCUT2D eigenvalue weighted by atomic mass is 35.5. The number of nitrogens with two attached hydrogens (primary N) is 1. The molecule has 1 aromatic carbocycles. The number of hydrogen-bond donors (Lipinski definition) is 1. The normalized spacial score (nSPS) is 11.8. The largest absolute Gasteiger partial charge is 0.238 e. The summed E-state index contributed by atoms with van der Waals surface area (Å²) in [6, 6.07) is 8.03. The molecule has 0 radical (unpaired) electrons. The number of rotatable bonds is 3. The van der Waals surface area contributed by atoms with E-state index in [4.69, 9.17) is 28.3 Å². The lowest BCUT2D eigenvalue weighted by molar-refractivity contribution is 0.598. The maximum atomic E-state index is 11.2. The van der Waals surface area contributed by atoms with Crippen LogP contribution in [0.15, 0.2) is 40.6 Å². The van der Waals surface area contributed by atoms with Crippen LogP contribution in [0.2, 0.25) is 8.67 Å². The smallest absolute Gasteiger partial charge is 0.236 e. The fraction of sp³-hybridized carbons (Fsp3) is 0. The molecule has 0 amide bonds. The lowest BCUT2D eigenvalue weighted by Gasteiger charge is -1.99. The molecule has 2 aromatic heterocycles. The fourth-order valence-corrected chi connectivity index (χ4v) is 4.65. The van der Waals surface area contributed by atoms with E-state index in [2.05, 4.69) is 4.98 Å². The van der Waals surface area contributed by atoms with Crippen LogP contribution in [-0.4, -0.2) is 13.4 Å². The van der Waals surface area contributed by atoms with Gasteiger partial charge >= 0.3 is 0 Å². The van der Waals surface area contributed by atoms with Crippen molar-refractivity contribution in [2.24, 2.45) is 5.14 Å². The topological polar surface area (TPSA) is 73.1 Å². The second-order valence-electron chi connectivity index (χ2n) is 4.35. The minimum atomic E-state index is -3.69. The number of halogens is 2. The maximum absolute atomic E-state index is 11.2. The summed E-state index contributed by atoms with van der Waals surface area (Å²) in [4.78, 5) is 4.59. The van der Waals surface area contributed by atoms with E-state index >= 15 is 0 Å². The fourth-order valence-electron chi connectivity index (χ4n) is 1.83. The average Bonchev–Trinajstić information content (AvgIpc) is 3.04. The van der Waals surface area contributed by atoms with Crippen molar-refractivity contribution in [3.05, 3.63) is 44.4 Å². The number of hydrogen-bond acceptors (Lipinski definition) is 5. The van der Waals surface area contributed by atoms with Crippen LogP contribution in [-0.2, 0) is 10.0 Å². The van der Waals surface area contributed by atoms with Crippen LogP contribution in [0.4, 0.5) is 0 Å². The van der Waals surface area contributed by atoms with Gasteiger partial charge in [-0.3, -0.25) is 0 Å². The molecule has 0 atom stereocenters. The zero-order valence-corrected chi connectivity index (χ0v) is 14.7. The van der Waals surface area contributed by atoms with Crippen LogP contribution in [0.25, 0.3) is 21.8 Å². The van der Waals surface area contributed by atoms with E-state index in [1.165, 1.54) is 34.8 Å². The van der Waals surface area contributed by atoms with Gasteiger partial charge in [0.05, 0.1) is 14.9 Å². The summed E-state index contributed by atoms with van der Waals surface area (Å²) < 4.78 is 23.7. The van der Waals surface area contributed by atoms with E-state index in [0.29, 0.717) is 8.67 Å². The number of aromatic nitrogens is 1. The van der Waals surface area contributed by atoms with Crippen molar-refractivity contribution in [3.63, 3.8) is 0 Å². The molecule has 0 spiro atoms. The van der Waals surface area contributed by atoms with Gasteiger partial charge in [0.25, 0.3) is 0 Å². The molecule has 9 heteroatoms. The van der Waals surface area contributed by atoms with E-state index < -0.39 is 10.0 Å². The van der Waals surface area contributed by atoms with Gasteiger partial charge in [-0.05, 0) is 18.2 Å². The van der Waals surface area contributed by atoms with Gasteiger partial charge in [0.2, 0.25) is 10.0 Å². The van der Waals surface area contributed by atoms with Crippen molar-refractivity contribution in [1.29, 1.82) is 0 Å². The predicted molar refractivity (Wildman–Crippen MR) is 92.3 cm³/mol. The summed E-state index contributed by atoms with van der Waals surface area (Å²) in [6.45, 7) is 0. The van der Waals surface area contributed by atoms with Crippen LogP contribution in [0.3, 0.4) is 0 Å². The van der Waals surface area contributed by atoms with Crippen molar-refractivity contribution >= 4 is 55.9 Å². The van der Waals surface area contributed by atoms with Crippen molar-refractivity contribution in [2.75, 3.05) is 0 Å². The average molecular weight is 391 g/mol. The molecule has 3 aromatic rings. The molecular weight excluding hydrogens is 383 g/mol. The maximum Gasteiger partial charge on any atom is 0.238 e. The second-order valence-corrected chi connectivity index (χ2v) is 9.05. The molecule has 2 heterocycles. The van der Waals surface area contributed by atoms with Gasteiger partial charge in [0.15, 0.2) is 0 Å². The van der Waals surface area contributed by atoms with E-state index in [9.17, 15) is 8.42 Å². The Labute approximate surface area is 145 Å². The summed E-state index contributed by atoms with van der Waals surface area (Å²) in [5.74, 6) is 0. The molecule has 0 unspecified atom stereocenters. The van der Waals surface area contributed by atoms with Crippen molar-refractivity contribution < 1.29 is 8.42 Å². The predicted octanol–water partition coefficient (Wildman–Crippen LogP) is 4.49. The van der Waals surface area contributed by atoms with Crippen molar-refractivity contribution in [2.45, 2.75) is 4.90 Å². The molecule has 0 aliphatic carbocycles. The van der Waals surface area contributed by atoms with E-state index in [-0.39, 0.29) is 4.90 Å². The molecule has 0 aliphatic rings. The number of primary sulfonamides is 1. The third-order valence-electron chi connectivity index (χ3n) is 2.87.